The van der Waals surface area contributed by atoms with E-state index >= 15 is 0 Å². The van der Waals surface area contributed by atoms with Crippen molar-refractivity contribution in [3.05, 3.63) is 0 Å². The third-order valence-corrected chi connectivity index (χ3v) is 7.98. The molecule has 4 bridgehead atoms. The lowest BCUT2D eigenvalue weighted by atomic mass is 9.46. The third-order valence-electron chi connectivity index (χ3n) is 7.29. The van der Waals surface area contributed by atoms with E-state index in [-0.39, 0.29) is 17.0 Å². The molecule has 0 radical (unpaired) electrons. The smallest absolute Gasteiger partial charge is 0.313 e. The quantitative estimate of drug-likeness (QED) is 0.577. The molecule has 22 heavy (non-hydrogen) atoms. The Morgan fingerprint density at radius 1 is 1.09 bits per heavy atom. The summed E-state index contributed by atoms with van der Waals surface area (Å²) in [4.78, 5) is 12.8. The zero-order chi connectivity index (χ0) is 16.2. The van der Waals surface area contributed by atoms with Gasteiger partial charge in [-0.1, -0.05) is 6.92 Å². The molecule has 4 aliphatic carbocycles. The number of esters is 1. The van der Waals surface area contributed by atoms with E-state index < -0.39 is 5.41 Å². The molecular formula is C19H32O2S. The van der Waals surface area contributed by atoms with Gasteiger partial charge in [-0.25, -0.2) is 0 Å². The highest BCUT2D eigenvalue weighted by Crippen LogP contribution is 2.64. The van der Waals surface area contributed by atoms with Crippen LogP contribution in [0.5, 0.6) is 0 Å². The fourth-order valence-corrected chi connectivity index (χ4v) is 5.98. The van der Waals surface area contributed by atoms with Crippen LogP contribution in [0.1, 0.15) is 72.6 Å². The second-order valence-corrected chi connectivity index (χ2v) is 9.49. The van der Waals surface area contributed by atoms with Gasteiger partial charge in [0.15, 0.2) is 0 Å². The van der Waals surface area contributed by atoms with Gasteiger partial charge in [0.25, 0.3) is 0 Å². The molecule has 0 aromatic rings. The number of rotatable bonds is 5. The summed E-state index contributed by atoms with van der Waals surface area (Å²) in [5.74, 6) is 3.15. The Kier molecular flexibility index (Phi) is 4.11. The highest BCUT2D eigenvalue weighted by Gasteiger charge is 2.59. The molecule has 2 nitrogen and oxygen atoms in total. The topological polar surface area (TPSA) is 26.3 Å². The Labute approximate surface area is 141 Å². The molecule has 1 unspecified atom stereocenters. The van der Waals surface area contributed by atoms with Crippen LogP contribution in [0.4, 0.5) is 0 Å². The van der Waals surface area contributed by atoms with Crippen molar-refractivity contribution in [3.63, 3.8) is 0 Å². The Balaban J connectivity index is 1.79. The zero-order valence-electron chi connectivity index (χ0n) is 14.7. The van der Waals surface area contributed by atoms with Gasteiger partial charge in [0.05, 0.1) is 5.41 Å². The van der Waals surface area contributed by atoms with Crippen molar-refractivity contribution in [1.29, 1.82) is 0 Å². The Morgan fingerprint density at radius 2 is 1.55 bits per heavy atom. The van der Waals surface area contributed by atoms with Crippen molar-refractivity contribution >= 4 is 18.6 Å². The first-order valence-electron chi connectivity index (χ1n) is 9.08. The molecule has 0 spiro atoms. The van der Waals surface area contributed by atoms with Gasteiger partial charge in [0.1, 0.15) is 5.60 Å². The number of thiol groups is 1. The van der Waals surface area contributed by atoms with Gasteiger partial charge in [-0.3, -0.25) is 4.79 Å². The van der Waals surface area contributed by atoms with Crippen molar-refractivity contribution < 1.29 is 9.53 Å². The molecule has 126 valence electrons. The molecule has 4 rings (SSSR count). The minimum absolute atomic E-state index is 0.0502. The largest absolute Gasteiger partial charge is 0.459 e. The monoisotopic (exact) mass is 324 g/mol. The van der Waals surface area contributed by atoms with Gasteiger partial charge < -0.3 is 4.74 Å². The summed E-state index contributed by atoms with van der Waals surface area (Å²) in [7, 11) is 0. The molecule has 4 aliphatic rings. The summed E-state index contributed by atoms with van der Waals surface area (Å²) in [5, 5.41) is 0. The van der Waals surface area contributed by atoms with E-state index in [0.29, 0.717) is 5.75 Å². The van der Waals surface area contributed by atoms with Crippen LogP contribution in [-0.4, -0.2) is 17.3 Å². The minimum atomic E-state index is -0.456. The summed E-state index contributed by atoms with van der Waals surface area (Å²) in [6, 6.07) is 0. The van der Waals surface area contributed by atoms with Crippen molar-refractivity contribution in [3.8, 4) is 0 Å². The van der Waals surface area contributed by atoms with E-state index in [9.17, 15) is 4.79 Å². The summed E-state index contributed by atoms with van der Waals surface area (Å²) >= 11 is 4.39. The third kappa shape index (κ3) is 2.52. The predicted octanol–water partition coefficient (Wildman–Crippen LogP) is 4.87. The second kappa shape index (κ2) is 5.43. The van der Waals surface area contributed by atoms with Crippen LogP contribution in [0, 0.1) is 28.6 Å². The van der Waals surface area contributed by atoms with E-state index in [1.165, 1.54) is 38.5 Å². The van der Waals surface area contributed by atoms with Gasteiger partial charge >= 0.3 is 5.97 Å². The normalized spacial score (nSPS) is 39.6. The van der Waals surface area contributed by atoms with Gasteiger partial charge in [-0.05, 0) is 83.5 Å². The maximum atomic E-state index is 12.8. The maximum absolute atomic E-state index is 12.8. The molecule has 0 N–H and O–H groups in total. The van der Waals surface area contributed by atoms with E-state index in [4.69, 9.17) is 4.74 Å². The molecule has 0 heterocycles. The zero-order valence-corrected chi connectivity index (χ0v) is 15.5. The Bertz CT molecular complexity index is 415. The molecule has 4 saturated carbocycles. The molecule has 3 heteroatoms. The van der Waals surface area contributed by atoms with Gasteiger partial charge in [-0.2, -0.15) is 12.6 Å². The number of carbonyl (C=O) groups is 1. The first kappa shape index (κ1) is 16.7. The van der Waals surface area contributed by atoms with Crippen molar-refractivity contribution in [1.82, 2.24) is 0 Å². The number of hydrogen-bond donors (Lipinski definition) is 1. The summed E-state index contributed by atoms with van der Waals surface area (Å²) in [5.41, 5.74) is -0.579. The number of ether oxygens (including phenoxy) is 1. The van der Waals surface area contributed by atoms with Crippen molar-refractivity contribution in [2.24, 2.45) is 28.6 Å². The second-order valence-electron chi connectivity index (χ2n) is 9.17. The fraction of sp³-hybridized carbons (Fsp3) is 0.947. The lowest BCUT2D eigenvalue weighted by molar-refractivity contribution is -0.206. The average molecular weight is 325 g/mol. The molecule has 0 amide bonds. The van der Waals surface area contributed by atoms with Crippen LogP contribution in [0.3, 0.4) is 0 Å². The molecule has 1 atom stereocenters. The summed E-state index contributed by atoms with van der Waals surface area (Å²) in [6.45, 7) is 8.38. The molecule has 0 saturated heterocycles. The molecule has 0 aromatic carbocycles. The van der Waals surface area contributed by atoms with Gasteiger partial charge in [0, 0.05) is 11.2 Å². The van der Waals surface area contributed by atoms with Crippen molar-refractivity contribution in [2.75, 3.05) is 5.75 Å². The SMILES string of the molecule is CCC(C)(CS)C(=O)OC(C)(C)C12CC3CC(CC(C3)C1)C2. The lowest BCUT2D eigenvalue weighted by Gasteiger charge is -2.61. The molecule has 0 aromatic heterocycles. The van der Waals surface area contributed by atoms with Gasteiger partial charge in [0.2, 0.25) is 0 Å². The van der Waals surface area contributed by atoms with Crippen LogP contribution in [0.25, 0.3) is 0 Å². The van der Waals surface area contributed by atoms with Crippen LogP contribution in [0.2, 0.25) is 0 Å². The first-order valence-corrected chi connectivity index (χ1v) is 9.71. The summed E-state index contributed by atoms with van der Waals surface area (Å²) in [6.07, 6.45) is 8.85. The number of hydrogen-bond acceptors (Lipinski definition) is 3. The predicted molar refractivity (Wildman–Crippen MR) is 93.0 cm³/mol. The van der Waals surface area contributed by atoms with E-state index in [1.54, 1.807) is 0 Å². The molecule has 4 fully saturated rings. The van der Waals surface area contributed by atoms with Crippen molar-refractivity contribution in [2.45, 2.75) is 78.2 Å². The Morgan fingerprint density at radius 3 is 1.91 bits per heavy atom. The number of carbonyl (C=O) groups excluding carboxylic acids is 1. The minimum Gasteiger partial charge on any atom is -0.459 e. The highest BCUT2D eigenvalue weighted by molar-refractivity contribution is 7.80. The highest BCUT2D eigenvalue weighted by atomic mass is 32.1. The standard InChI is InChI=1S/C19H32O2S/c1-5-18(4,12-22)16(20)21-17(2,3)19-9-13-6-14(10-19)8-15(7-13)11-19/h13-15,22H,5-12H2,1-4H3. The van der Waals surface area contributed by atoms with Crippen LogP contribution in [-0.2, 0) is 9.53 Å². The van der Waals surface area contributed by atoms with E-state index in [1.807, 2.05) is 6.92 Å². The fourth-order valence-electron chi connectivity index (χ4n) is 5.63. The average Bonchev–Trinajstić information content (AvgIpc) is 2.44. The van der Waals surface area contributed by atoms with E-state index in [2.05, 4.69) is 33.4 Å². The lowest BCUT2D eigenvalue weighted by Crippen LogP contribution is -2.58. The van der Waals surface area contributed by atoms with Gasteiger partial charge in [-0.15, -0.1) is 0 Å². The molecular weight excluding hydrogens is 292 g/mol. The van der Waals surface area contributed by atoms with Crippen LogP contribution >= 0.6 is 12.6 Å². The summed E-state index contributed by atoms with van der Waals surface area (Å²) < 4.78 is 6.18. The Hall–Kier alpha value is -0.180. The maximum Gasteiger partial charge on any atom is 0.313 e. The first-order chi connectivity index (χ1) is 10.2. The molecule has 0 aliphatic heterocycles. The van der Waals surface area contributed by atoms with Crippen LogP contribution in [0.15, 0.2) is 0 Å². The van der Waals surface area contributed by atoms with E-state index in [0.717, 1.165) is 24.2 Å². The van der Waals surface area contributed by atoms with Crippen LogP contribution < -0.4 is 0 Å².